The lowest BCUT2D eigenvalue weighted by Gasteiger charge is -2.19. The average Bonchev–Trinajstić information content (AvgIpc) is 2.45. The summed E-state index contributed by atoms with van der Waals surface area (Å²) in [4.78, 5) is 25.4. The summed E-state index contributed by atoms with van der Waals surface area (Å²) in [5.74, 6) is -0.770. The molecule has 0 saturated heterocycles. The van der Waals surface area contributed by atoms with Gasteiger partial charge in [0.15, 0.2) is 0 Å². The molecule has 0 bridgehead atoms. The zero-order chi connectivity index (χ0) is 18.1. The lowest BCUT2D eigenvalue weighted by molar-refractivity contribution is -0.141. The largest absolute Gasteiger partial charge is 0.431 e. The van der Waals surface area contributed by atoms with Crippen LogP contribution in [0.25, 0.3) is 0 Å². The number of carbonyl (C=O) groups excluding carboxylic acids is 1. The van der Waals surface area contributed by atoms with Crippen molar-refractivity contribution in [1.82, 2.24) is 4.98 Å². The van der Waals surface area contributed by atoms with E-state index in [1.807, 2.05) is 32.9 Å². The second-order valence-electron chi connectivity index (χ2n) is 6.39. The number of H-pyrrole nitrogens is 1. The van der Waals surface area contributed by atoms with Gasteiger partial charge in [0.2, 0.25) is 0 Å². The molecule has 4 nitrogen and oxygen atoms in total. The Bertz CT molecular complexity index is 800. The van der Waals surface area contributed by atoms with Crippen molar-refractivity contribution in [1.29, 1.82) is 0 Å². The van der Waals surface area contributed by atoms with Gasteiger partial charge in [-0.05, 0) is 35.2 Å². The van der Waals surface area contributed by atoms with Crippen molar-refractivity contribution in [2.24, 2.45) is 0 Å². The predicted octanol–water partition coefficient (Wildman–Crippen LogP) is 3.94. The fourth-order valence-electron chi connectivity index (χ4n) is 2.07. The highest BCUT2D eigenvalue weighted by Gasteiger charge is 2.32. The number of aromatic nitrogens is 1. The van der Waals surface area contributed by atoms with E-state index in [1.54, 1.807) is 17.1 Å². The fraction of sp³-hybridized carbons (Fsp3) is 0.294. The van der Waals surface area contributed by atoms with Crippen LogP contribution in [-0.2, 0) is 11.6 Å². The minimum atomic E-state index is -4.67. The first-order chi connectivity index (χ1) is 11.0. The van der Waals surface area contributed by atoms with E-state index in [2.05, 4.69) is 5.32 Å². The smallest absolute Gasteiger partial charge is 0.322 e. The van der Waals surface area contributed by atoms with Gasteiger partial charge in [-0.2, -0.15) is 13.2 Å². The highest BCUT2D eigenvalue weighted by Crippen LogP contribution is 2.26. The quantitative estimate of drug-likeness (QED) is 0.871. The molecule has 0 aliphatic carbocycles. The lowest BCUT2D eigenvalue weighted by Crippen LogP contribution is -2.25. The van der Waals surface area contributed by atoms with Crippen LogP contribution in [0.3, 0.4) is 0 Å². The number of alkyl halides is 3. The molecule has 0 atom stereocenters. The van der Waals surface area contributed by atoms with E-state index >= 15 is 0 Å². The monoisotopic (exact) mass is 338 g/mol. The topological polar surface area (TPSA) is 62.0 Å². The average molecular weight is 338 g/mol. The molecule has 0 radical (unpaired) electrons. The maximum absolute atomic E-state index is 12.5. The molecule has 0 aliphatic heterocycles. The van der Waals surface area contributed by atoms with Crippen LogP contribution in [0.2, 0.25) is 0 Å². The number of hydrogen-bond donors (Lipinski definition) is 2. The third-order valence-electron chi connectivity index (χ3n) is 3.47. The van der Waals surface area contributed by atoms with Gasteiger partial charge in [0, 0.05) is 5.69 Å². The zero-order valence-electron chi connectivity index (χ0n) is 13.4. The molecule has 1 aromatic heterocycles. The first-order valence-corrected chi connectivity index (χ1v) is 7.21. The maximum Gasteiger partial charge on any atom is 0.431 e. The summed E-state index contributed by atoms with van der Waals surface area (Å²) in [6, 6.07) is 8.56. The summed E-state index contributed by atoms with van der Waals surface area (Å²) in [7, 11) is 0. The molecule has 2 N–H and O–H groups in total. The van der Waals surface area contributed by atoms with Crippen molar-refractivity contribution in [3.8, 4) is 0 Å². The Morgan fingerprint density at radius 1 is 1.00 bits per heavy atom. The molecule has 128 valence electrons. The number of amides is 1. The van der Waals surface area contributed by atoms with E-state index in [1.165, 1.54) is 0 Å². The lowest BCUT2D eigenvalue weighted by atomic mass is 9.87. The molecule has 1 heterocycles. The molecule has 0 fully saturated rings. The summed E-state index contributed by atoms with van der Waals surface area (Å²) >= 11 is 0. The fourth-order valence-corrected chi connectivity index (χ4v) is 2.07. The Labute approximate surface area is 136 Å². The Kier molecular flexibility index (Phi) is 4.55. The van der Waals surface area contributed by atoms with Gasteiger partial charge in [-0.15, -0.1) is 0 Å². The number of nitrogens with one attached hydrogen (secondary N) is 2. The minimum Gasteiger partial charge on any atom is -0.322 e. The van der Waals surface area contributed by atoms with E-state index < -0.39 is 23.3 Å². The Morgan fingerprint density at radius 3 is 2.04 bits per heavy atom. The van der Waals surface area contributed by atoms with Crippen molar-refractivity contribution in [2.75, 3.05) is 5.32 Å². The van der Waals surface area contributed by atoms with E-state index in [9.17, 15) is 22.8 Å². The number of carbonyl (C=O) groups is 1. The van der Waals surface area contributed by atoms with Crippen molar-refractivity contribution in [3.63, 3.8) is 0 Å². The van der Waals surface area contributed by atoms with Gasteiger partial charge in [0.25, 0.3) is 11.5 Å². The molecular weight excluding hydrogens is 321 g/mol. The Morgan fingerprint density at radius 2 is 1.58 bits per heavy atom. The van der Waals surface area contributed by atoms with Crippen LogP contribution in [0.1, 0.15) is 42.4 Å². The molecule has 0 aliphatic rings. The summed E-state index contributed by atoms with van der Waals surface area (Å²) in [5.41, 5.74) is -1.21. The van der Waals surface area contributed by atoms with Crippen LogP contribution in [-0.4, -0.2) is 10.9 Å². The van der Waals surface area contributed by atoms with Gasteiger partial charge in [-0.1, -0.05) is 32.9 Å². The van der Waals surface area contributed by atoms with Gasteiger partial charge < -0.3 is 10.3 Å². The van der Waals surface area contributed by atoms with E-state index in [0.29, 0.717) is 11.8 Å². The number of rotatable bonds is 2. The van der Waals surface area contributed by atoms with Gasteiger partial charge in [-0.25, -0.2) is 0 Å². The number of halogens is 3. The van der Waals surface area contributed by atoms with Crippen LogP contribution in [0.4, 0.5) is 18.9 Å². The Balaban J connectivity index is 2.20. The van der Waals surface area contributed by atoms with Crippen LogP contribution in [0.15, 0.2) is 41.2 Å². The van der Waals surface area contributed by atoms with Gasteiger partial charge in [-0.3, -0.25) is 9.59 Å². The molecular formula is C17H17F3N2O2. The molecule has 7 heteroatoms. The standard InChI is InChI=1S/C17H17F3N2O2/c1-16(2,3)10-4-6-11(7-5-10)21-14(23)12-8-9-13(17(18,19)20)22-15(12)24/h4-9H,1-3H3,(H,21,23)(H,22,24). The summed E-state index contributed by atoms with van der Waals surface area (Å²) in [5, 5.41) is 2.50. The summed E-state index contributed by atoms with van der Waals surface area (Å²) in [6.45, 7) is 6.13. The number of pyridine rings is 1. The predicted molar refractivity (Wildman–Crippen MR) is 85.2 cm³/mol. The minimum absolute atomic E-state index is 0.0485. The molecule has 0 spiro atoms. The van der Waals surface area contributed by atoms with Crippen LogP contribution in [0, 0.1) is 0 Å². The number of aromatic amines is 1. The second kappa shape index (κ2) is 6.14. The van der Waals surface area contributed by atoms with E-state index in [0.717, 1.165) is 11.6 Å². The van der Waals surface area contributed by atoms with Gasteiger partial charge in [0.1, 0.15) is 11.3 Å². The van der Waals surface area contributed by atoms with Crippen LogP contribution < -0.4 is 10.9 Å². The molecule has 2 rings (SSSR count). The van der Waals surface area contributed by atoms with Crippen molar-refractivity contribution >= 4 is 11.6 Å². The highest BCUT2D eigenvalue weighted by molar-refractivity contribution is 6.03. The third-order valence-corrected chi connectivity index (χ3v) is 3.47. The van der Waals surface area contributed by atoms with E-state index in [-0.39, 0.29) is 11.0 Å². The van der Waals surface area contributed by atoms with Crippen LogP contribution >= 0.6 is 0 Å². The maximum atomic E-state index is 12.5. The first kappa shape index (κ1) is 17.8. The first-order valence-electron chi connectivity index (χ1n) is 7.21. The highest BCUT2D eigenvalue weighted by atomic mass is 19.4. The third kappa shape index (κ3) is 4.04. The molecule has 1 aromatic carbocycles. The van der Waals surface area contributed by atoms with Crippen molar-refractivity contribution in [2.45, 2.75) is 32.4 Å². The normalized spacial score (nSPS) is 12.1. The van der Waals surface area contributed by atoms with Crippen LogP contribution in [0.5, 0.6) is 0 Å². The number of hydrogen-bond acceptors (Lipinski definition) is 2. The Hall–Kier alpha value is -2.57. The molecule has 0 saturated carbocycles. The summed E-state index contributed by atoms with van der Waals surface area (Å²) in [6.07, 6.45) is -4.67. The second-order valence-corrected chi connectivity index (χ2v) is 6.39. The molecule has 24 heavy (non-hydrogen) atoms. The molecule has 1 amide bonds. The number of anilines is 1. The molecule has 2 aromatic rings. The summed E-state index contributed by atoms with van der Waals surface area (Å²) < 4.78 is 37.5. The zero-order valence-corrected chi connectivity index (χ0v) is 13.4. The van der Waals surface area contributed by atoms with E-state index in [4.69, 9.17) is 0 Å². The van der Waals surface area contributed by atoms with Crippen molar-refractivity contribution in [3.05, 3.63) is 63.6 Å². The SMILES string of the molecule is CC(C)(C)c1ccc(NC(=O)c2ccc(C(F)(F)F)[nH]c2=O)cc1. The van der Waals surface area contributed by atoms with Crippen molar-refractivity contribution < 1.29 is 18.0 Å². The molecule has 0 unspecified atom stereocenters. The number of benzene rings is 1. The van der Waals surface area contributed by atoms with Gasteiger partial charge in [0.05, 0.1) is 0 Å². The van der Waals surface area contributed by atoms with Gasteiger partial charge >= 0.3 is 6.18 Å².